The van der Waals surface area contributed by atoms with Gasteiger partial charge in [0.2, 0.25) is 0 Å². The fourth-order valence-corrected chi connectivity index (χ4v) is 0. The van der Waals surface area contributed by atoms with Crippen LogP contribution in [0, 0.1) is 0 Å². The first-order valence-electron chi connectivity index (χ1n) is 0. The Bertz CT molecular complexity index is 12.1. The van der Waals surface area contributed by atoms with Gasteiger partial charge < -0.3 is 74.0 Å². The molecule has 11 heavy (non-hydrogen) atoms. The van der Waals surface area contributed by atoms with Crippen LogP contribution in [0.4, 0.5) is 0 Å². The minimum Gasteiger partial charge on any atom is -1.00 e. The van der Waals surface area contributed by atoms with Crippen molar-refractivity contribution in [2.24, 2.45) is 0 Å². The van der Waals surface area contributed by atoms with Gasteiger partial charge in [-0.15, -0.1) is 0 Å². The van der Waals surface area contributed by atoms with Gasteiger partial charge >= 0.3 is 20.4 Å². The summed E-state index contributed by atoms with van der Waals surface area (Å²) in [4.78, 5) is 0. The van der Waals surface area contributed by atoms with E-state index < -0.39 is 0 Å². The summed E-state index contributed by atoms with van der Waals surface area (Å²) in [5, 5.41) is 0. The molecule has 0 aliphatic rings. The Morgan fingerprint density at radius 2 is 0.273 bits per heavy atom. The molecular weight excluding hydrogens is 289 g/mol. The fourth-order valence-electron chi connectivity index (χ4n) is 0. The summed E-state index contributed by atoms with van der Waals surface area (Å²) >= 11 is 0. The molecule has 0 saturated carbocycles. The minimum absolute atomic E-state index is 0. The Kier molecular flexibility index (Phi) is 192000. The van der Waals surface area contributed by atoms with Crippen LogP contribution < -0.4 is 74.0 Å². The fraction of sp³-hybridized carbons (Fsp3) is 0. The Morgan fingerprint density at radius 1 is 0.273 bits per heavy atom. The maximum atomic E-state index is 0. The van der Waals surface area contributed by atoms with Crippen molar-refractivity contribution in [3.63, 3.8) is 0 Å². The molecule has 0 unspecified atom stereocenters. The van der Waals surface area contributed by atoms with Gasteiger partial charge in [-0.2, -0.15) is 0 Å². The van der Waals surface area contributed by atoms with Crippen LogP contribution in [0.3, 0.4) is 0 Å². The molecule has 0 aromatic rings. The third kappa shape index (κ3) is 1020. The van der Waals surface area contributed by atoms with Crippen LogP contribution in [0.1, 0.15) is 0 Å². The van der Waals surface area contributed by atoms with Crippen molar-refractivity contribution in [3.8, 4) is 0 Å². The summed E-state index contributed by atoms with van der Waals surface area (Å²) < 4.78 is 0. The molecular formula is H24Cl2N8Pd. The van der Waals surface area contributed by atoms with E-state index in [1.807, 2.05) is 0 Å². The van der Waals surface area contributed by atoms with Crippen LogP contribution in [0.2, 0.25) is 0 Å². The maximum Gasteiger partial charge on any atom is 2.00 e. The van der Waals surface area contributed by atoms with E-state index in [0.717, 1.165) is 0 Å². The van der Waals surface area contributed by atoms with E-state index >= 15 is 0 Å². The third-order valence-corrected chi connectivity index (χ3v) is 0. The molecule has 0 bridgehead atoms. The monoisotopic (exact) mass is 312 g/mol. The van der Waals surface area contributed by atoms with Crippen LogP contribution in [0.15, 0.2) is 0 Å². The second kappa shape index (κ2) is 1260. The number of hydrogen-bond acceptors (Lipinski definition) is 8. The minimum atomic E-state index is 0. The van der Waals surface area contributed by atoms with Crippen LogP contribution in [0.5, 0.6) is 0 Å². The smallest absolute Gasteiger partial charge is 1.00 e. The normalized spacial score (nSPS) is 0. The maximum absolute atomic E-state index is 0. The zero-order chi connectivity index (χ0) is 0. The molecule has 0 saturated heterocycles. The van der Waals surface area contributed by atoms with Crippen molar-refractivity contribution in [3.05, 3.63) is 0 Å². The summed E-state index contributed by atoms with van der Waals surface area (Å²) in [6, 6.07) is 0. The van der Waals surface area contributed by atoms with Gasteiger partial charge in [0.1, 0.15) is 0 Å². The van der Waals surface area contributed by atoms with Gasteiger partial charge in [-0.25, -0.2) is 0 Å². The number of hydrogen-bond donors (Lipinski definition) is 8. The van der Waals surface area contributed by atoms with E-state index in [-0.39, 0.29) is 94.4 Å². The van der Waals surface area contributed by atoms with E-state index in [9.17, 15) is 0 Å². The molecule has 0 aromatic heterocycles. The molecule has 0 rings (SSSR count). The summed E-state index contributed by atoms with van der Waals surface area (Å²) in [5.41, 5.74) is 0. The summed E-state index contributed by atoms with van der Waals surface area (Å²) in [6.45, 7) is 0. The van der Waals surface area contributed by atoms with Gasteiger partial charge in [0.05, 0.1) is 0 Å². The van der Waals surface area contributed by atoms with Crippen LogP contribution in [0.25, 0.3) is 0 Å². The molecule has 8 nitrogen and oxygen atoms in total. The molecule has 0 fully saturated rings. The predicted molar refractivity (Wildman–Crippen MR) is 40.2 cm³/mol. The van der Waals surface area contributed by atoms with Gasteiger partial charge in [0.15, 0.2) is 0 Å². The largest absolute Gasteiger partial charge is 2.00 e. The molecule has 0 atom stereocenters. The zero-order valence-electron chi connectivity index (χ0n) is 6.73. The Morgan fingerprint density at radius 3 is 0.273 bits per heavy atom. The van der Waals surface area contributed by atoms with Crippen molar-refractivity contribution < 1.29 is 45.2 Å². The van der Waals surface area contributed by atoms with E-state index in [2.05, 4.69) is 0 Å². The predicted octanol–water partition coefficient (Wildman–Crippen LogP) is -4.70. The Hall–Kier alpha value is 0.922. The molecule has 0 aliphatic carbocycles. The first-order valence-corrected chi connectivity index (χ1v) is 0. The van der Waals surface area contributed by atoms with Crippen molar-refractivity contribution in [2.75, 3.05) is 0 Å². The molecule has 0 aromatic carbocycles. The Balaban J connectivity index is 0. The van der Waals surface area contributed by atoms with Crippen LogP contribution in [-0.4, -0.2) is 0 Å². The standard InChI is InChI=1S/2ClH.8H3N.Pd/h2*1H;8*1H3;/q;;;;;;;;;;+2/p-2. The Labute approximate surface area is 94.5 Å². The van der Waals surface area contributed by atoms with Gasteiger partial charge in [-0.3, -0.25) is 0 Å². The van der Waals surface area contributed by atoms with E-state index in [1.54, 1.807) is 0 Å². The molecule has 0 aliphatic heterocycles. The van der Waals surface area contributed by atoms with Crippen molar-refractivity contribution in [2.45, 2.75) is 0 Å². The van der Waals surface area contributed by atoms with E-state index in [4.69, 9.17) is 0 Å². The van der Waals surface area contributed by atoms with E-state index in [0.29, 0.717) is 0 Å². The average Bonchev–Trinajstić information content (AvgIpc) is 0. The number of rotatable bonds is 0. The summed E-state index contributed by atoms with van der Waals surface area (Å²) in [7, 11) is 0. The quantitative estimate of drug-likeness (QED) is 0.200. The van der Waals surface area contributed by atoms with Gasteiger partial charge in [-0.1, -0.05) is 0 Å². The molecule has 0 radical (unpaired) electrons. The van der Waals surface area contributed by atoms with Crippen LogP contribution in [-0.2, 0) is 20.4 Å². The molecule has 0 spiro atoms. The molecule has 24 N–H and O–H groups in total. The van der Waals surface area contributed by atoms with Gasteiger partial charge in [-0.05, 0) is 0 Å². The topological polar surface area (TPSA) is 280 Å². The second-order valence-corrected chi connectivity index (χ2v) is 0. The molecule has 0 amide bonds. The van der Waals surface area contributed by atoms with Crippen molar-refractivity contribution in [1.29, 1.82) is 0 Å². The van der Waals surface area contributed by atoms with Gasteiger partial charge in [0.25, 0.3) is 0 Å². The summed E-state index contributed by atoms with van der Waals surface area (Å²) in [5.74, 6) is 0. The SMILES string of the molecule is N.N.N.N.N.N.N.N.[Cl-].[Cl-].[Pd+2]. The summed E-state index contributed by atoms with van der Waals surface area (Å²) in [6.07, 6.45) is 0. The average molecular weight is 314 g/mol. The molecule has 11 heteroatoms. The molecule has 88 valence electrons. The van der Waals surface area contributed by atoms with Crippen LogP contribution >= 0.6 is 0 Å². The van der Waals surface area contributed by atoms with Gasteiger partial charge in [0, 0.05) is 0 Å². The second-order valence-electron chi connectivity index (χ2n) is 0. The van der Waals surface area contributed by atoms with Crippen molar-refractivity contribution in [1.82, 2.24) is 49.2 Å². The first kappa shape index (κ1) is 1670. The number of halogens is 2. The molecule has 0 heterocycles. The first-order chi connectivity index (χ1) is 0. The third-order valence-electron chi connectivity index (χ3n) is 0. The zero-order valence-corrected chi connectivity index (χ0v) is 9.80. The van der Waals surface area contributed by atoms with Crippen molar-refractivity contribution >= 4 is 0 Å². The van der Waals surface area contributed by atoms with E-state index in [1.165, 1.54) is 0 Å².